The van der Waals surface area contributed by atoms with Crippen LogP contribution in [0.15, 0.2) is 0 Å². The van der Waals surface area contributed by atoms with Gasteiger partial charge in [-0.2, -0.15) is 83.4 Å². The van der Waals surface area contributed by atoms with Crippen molar-refractivity contribution in [3.8, 4) is 0 Å². The Kier molecular flexibility index (Phi) is 11.4. The molecule has 0 radical (unpaired) electrons. The number of carbonyl (C=O) groups is 2. The molecule has 24 heteroatoms. The minimum Gasteiger partial charge on any atom is -0.459 e. The fraction of sp³-hybridized carbons (Fsp3) is 0.900. The summed E-state index contributed by atoms with van der Waals surface area (Å²) in [5, 5.41) is 0.787. The van der Waals surface area contributed by atoms with Crippen molar-refractivity contribution in [2.24, 2.45) is 0 Å². The SMILES string of the molecule is CC(C)OC(=O)C[N+](C)(C)CCCNC(=O)C(F)(F)C(F)(F)C(F)(F)C(F)(F)C(F)(F)C(F)(F)C(F)(F)C(F)(F)C(F)(F)F. The number of hydrogen-bond acceptors (Lipinski definition) is 3. The van der Waals surface area contributed by atoms with Gasteiger partial charge in [-0.05, 0) is 13.8 Å². The van der Waals surface area contributed by atoms with E-state index >= 15 is 0 Å². The molecule has 0 unspecified atom stereocenters. The van der Waals surface area contributed by atoms with Crippen molar-refractivity contribution in [2.45, 2.75) is 79.9 Å². The van der Waals surface area contributed by atoms with Crippen molar-refractivity contribution < 1.29 is 102 Å². The number of nitrogens with zero attached hydrogens (tertiary/aromatic N) is 1. The van der Waals surface area contributed by atoms with Crippen molar-refractivity contribution in [3.05, 3.63) is 0 Å². The lowest BCUT2D eigenvalue weighted by Gasteiger charge is -2.43. The molecule has 1 amide bonds. The van der Waals surface area contributed by atoms with E-state index < -0.39 is 91.0 Å². The van der Waals surface area contributed by atoms with Crippen molar-refractivity contribution in [1.29, 1.82) is 0 Å². The van der Waals surface area contributed by atoms with E-state index in [2.05, 4.69) is 0 Å². The zero-order valence-electron chi connectivity index (χ0n) is 22.3. The summed E-state index contributed by atoms with van der Waals surface area (Å²) in [6.07, 6.45) is -9.14. The molecule has 1 N–H and O–H groups in total. The second-order valence-corrected chi connectivity index (χ2v) is 10.1. The van der Waals surface area contributed by atoms with Crippen LogP contribution in [0.1, 0.15) is 20.3 Å². The molecule has 0 rings (SSSR count). The summed E-state index contributed by atoms with van der Waals surface area (Å²) in [7, 11) is 2.58. The molecular formula is C20H22F19N2O3+. The van der Waals surface area contributed by atoms with Gasteiger partial charge in [0.2, 0.25) is 0 Å². The van der Waals surface area contributed by atoms with Crippen LogP contribution < -0.4 is 5.32 Å². The van der Waals surface area contributed by atoms with E-state index in [1.54, 1.807) is 0 Å². The number of alkyl halides is 19. The van der Waals surface area contributed by atoms with Gasteiger partial charge < -0.3 is 14.5 Å². The van der Waals surface area contributed by atoms with Crippen LogP contribution in [0.5, 0.6) is 0 Å². The standard InChI is InChI=1S/C20H21F19N2O3/c1-9(2)44-10(42)8-41(3,4)7-5-6-40-11(43)12(21,22)13(23,24)14(25,26)15(27,28)16(29,30)17(31,32)18(33,34)19(35,36)20(37,38)39/h9H,5-8H2,1-4H3/p+1. The maximum atomic E-state index is 14.0. The molecule has 0 bridgehead atoms. The highest BCUT2D eigenvalue weighted by Crippen LogP contribution is 2.65. The fourth-order valence-corrected chi connectivity index (χ4v) is 3.05. The van der Waals surface area contributed by atoms with E-state index in [1.165, 1.54) is 27.9 Å². The van der Waals surface area contributed by atoms with Gasteiger partial charge in [0, 0.05) is 13.0 Å². The van der Waals surface area contributed by atoms with Crippen LogP contribution in [0.4, 0.5) is 83.4 Å². The molecule has 0 saturated carbocycles. The number of nitrogens with one attached hydrogen (secondary N) is 1. The summed E-state index contributed by atoms with van der Waals surface area (Å²) in [6.45, 7) is 0.949. The number of rotatable bonds is 15. The highest BCUT2D eigenvalue weighted by molar-refractivity contribution is 5.84. The minimum absolute atomic E-state index is 0.318. The molecule has 0 heterocycles. The van der Waals surface area contributed by atoms with Crippen LogP contribution in [-0.4, -0.2) is 110 Å². The number of quaternary nitrogens is 1. The Morgan fingerprint density at radius 1 is 0.614 bits per heavy atom. The predicted octanol–water partition coefficient (Wildman–Crippen LogP) is 6.17. The van der Waals surface area contributed by atoms with E-state index in [0.717, 1.165) is 5.32 Å². The molecule has 0 fully saturated rings. The summed E-state index contributed by atoms with van der Waals surface area (Å²) in [6, 6.07) is 0. The van der Waals surface area contributed by atoms with Crippen molar-refractivity contribution in [3.63, 3.8) is 0 Å². The third-order valence-electron chi connectivity index (χ3n) is 5.55. The molecule has 0 saturated heterocycles. The highest BCUT2D eigenvalue weighted by atomic mass is 19.4. The van der Waals surface area contributed by atoms with Crippen molar-refractivity contribution >= 4 is 11.9 Å². The molecule has 0 atom stereocenters. The van der Waals surface area contributed by atoms with Gasteiger partial charge in [0.15, 0.2) is 6.54 Å². The molecule has 0 aliphatic carbocycles. The number of likely N-dealkylation sites (N-methyl/N-ethyl adjacent to an activating group) is 1. The largest absolute Gasteiger partial charge is 0.460 e. The highest BCUT2D eigenvalue weighted by Gasteiger charge is 2.97. The zero-order valence-corrected chi connectivity index (χ0v) is 22.3. The number of carbonyl (C=O) groups excluding carboxylic acids is 2. The van der Waals surface area contributed by atoms with E-state index in [9.17, 15) is 93.0 Å². The number of halogens is 19. The number of amides is 1. The van der Waals surface area contributed by atoms with Gasteiger partial charge in [0.25, 0.3) is 5.91 Å². The van der Waals surface area contributed by atoms with Gasteiger partial charge in [-0.3, -0.25) is 4.79 Å². The molecule has 44 heavy (non-hydrogen) atoms. The lowest BCUT2D eigenvalue weighted by molar-refractivity contribution is -0.883. The molecule has 0 spiro atoms. The number of hydrogen-bond donors (Lipinski definition) is 1. The topological polar surface area (TPSA) is 55.4 Å². The van der Waals surface area contributed by atoms with Gasteiger partial charge in [-0.15, -0.1) is 0 Å². The van der Waals surface area contributed by atoms with Gasteiger partial charge in [0.05, 0.1) is 26.7 Å². The van der Waals surface area contributed by atoms with Crippen LogP contribution in [0, 0.1) is 0 Å². The average molecular weight is 699 g/mol. The Bertz CT molecular complexity index is 1040. The van der Waals surface area contributed by atoms with Gasteiger partial charge in [-0.1, -0.05) is 0 Å². The zero-order chi connectivity index (χ0) is 36.0. The van der Waals surface area contributed by atoms with Gasteiger partial charge >= 0.3 is 59.5 Å². The van der Waals surface area contributed by atoms with Crippen molar-refractivity contribution in [1.82, 2.24) is 5.32 Å². The molecule has 0 aliphatic rings. The summed E-state index contributed by atoms with van der Waals surface area (Å²) >= 11 is 0. The maximum Gasteiger partial charge on any atom is 0.460 e. The minimum atomic E-state index is -9.06. The summed E-state index contributed by atoms with van der Waals surface area (Å²) < 4.78 is 258. The van der Waals surface area contributed by atoms with Crippen LogP contribution in [0.2, 0.25) is 0 Å². The van der Waals surface area contributed by atoms with Crippen molar-refractivity contribution in [2.75, 3.05) is 33.7 Å². The van der Waals surface area contributed by atoms with Crippen LogP contribution >= 0.6 is 0 Å². The Morgan fingerprint density at radius 2 is 0.955 bits per heavy atom. The third kappa shape index (κ3) is 6.87. The average Bonchev–Trinajstić information content (AvgIpc) is 2.78. The van der Waals surface area contributed by atoms with Crippen LogP contribution in [0.25, 0.3) is 0 Å². The molecule has 5 nitrogen and oxygen atoms in total. The first kappa shape index (κ1) is 41.6. The smallest absolute Gasteiger partial charge is 0.459 e. The first-order valence-electron chi connectivity index (χ1n) is 11.3. The summed E-state index contributed by atoms with van der Waals surface area (Å²) in [4.78, 5) is 23.1. The second-order valence-electron chi connectivity index (χ2n) is 10.1. The first-order chi connectivity index (χ1) is 18.9. The van der Waals surface area contributed by atoms with Gasteiger partial charge in [-0.25, -0.2) is 4.79 Å². The molecule has 0 aromatic rings. The Hall–Kier alpha value is -2.43. The number of ether oxygens (including phenoxy) is 1. The molecule has 262 valence electrons. The summed E-state index contributed by atoms with van der Waals surface area (Å²) in [5.74, 6) is -72.9. The molecular weight excluding hydrogens is 677 g/mol. The Labute approximate surface area is 234 Å². The summed E-state index contributed by atoms with van der Waals surface area (Å²) in [5.41, 5.74) is 0. The lowest BCUT2D eigenvalue weighted by atomic mass is 9.87. The predicted molar refractivity (Wildman–Crippen MR) is 106 cm³/mol. The third-order valence-corrected chi connectivity index (χ3v) is 5.55. The van der Waals surface area contributed by atoms with E-state index in [0.29, 0.717) is 0 Å². The Morgan fingerprint density at radius 3 is 1.30 bits per heavy atom. The molecule has 0 aromatic heterocycles. The monoisotopic (exact) mass is 699 g/mol. The maximum absolute atomic E-state index is 14.0. The van der Waals surface area contributed by atoms with Gasteiger partial charge in [0.1, 0.15) is 0 Å². The first-order valence-corrected chi connectivity index (χ1v) is 11.3. The van der Waals surface area contributed by atoms with Crippen LogP contribution in [0.3, 0.4) is 0 Å². The quantitative estimate of drug-likeness (QED) is 0.0965. The molecule has 0 aliphatic heterocycles. The Balaban J connectivity index is 6.19. The number of esters is 1. The molecule has 0 aromatic carbocycles. The normalized spacial score (nSPS) is 15.5. The van der Waals surface area contributed by atoms with E-state index in [-0.39, 0.29) is 11.0 Å². The van der Waals surface area contributed by atoms with Crippen LogP contribution in [-0.2, 0) is 14.3 Å². The van der Waals surface area contributed by atoms with E-state index in [1.807, 2.05) is 0 Å². The van der Waals surface area contributed by atoms with E-state index in [4.69, 9.17) is 4.74 Å². The lowest BCUT2D eigenvalue weighted by Crippen LogP contribution is -2.76. The second kappa shape index (κ2) is 12.1. The fourth-order valence-electron chi connectivity index (χ4n) is 3.05.